The highest BCUT2D eigenvalue weighted by atomic mass is 16.4. The summed E-state index contributed by atoms with van der Waals surface area (Å²) in [6.45, 7) is 0. The molecule has 0 atom stereocenters. The molecule has 0 saturated carbocycles. The normalized spacial score (nSPS) is 9.10. The van der Waals surface area contributed by atoms with Crippen molar-refractivity contribution in [1.29, 1.82) is 0 Å². The van der Waals surface area contributed by atoms with Crippen LogP contribution in [0.25, 0.3) is 0 Å². The van der Waals surface area contributed by atoms with Crippen molar-refractivity contribution in [3.63, 3.8) is 0 Å². The van der Waals surface area contributed by atoms with Gasteiger partial charge in [0.2, 0.25) is 5.89 Å². The molecule has 1 rings (SSSR count). The summed E-state index contributed by atoms with van der Waals surface area (Å²) in [4.78, 5) is 10.3. The van der Waals surface area contributed by atoms with Gasteiger partial charge in [0.1, 0.15) is 0 Å². The Morgan fingerprint density at radius 1 is 1.80 bits per heavy atom. The fourth-order valence-electron chi connectivity index (χ4n) is 0.547. The first-order valence-corrected chi connectivity index (χ1v) is 2.81. The molecule has 1 aromatic heterocycles. The van der Waals surface area contributed by atoms with Crippen molar-refractivity contribution in [2.24, 2.45) is 0 Å². The third-order valence-corrected chi connectivity index (χ3v) is 0.966. The first kappa shape index (κ1) is 6.62. The van der Waals surface area contributed by atoms with Crippen LogP contribution in [0.3, 0.4) is 0 Å². The number of terminal acetylenes is 1. The molecule has 0 saturated heterocycles. The SMILES string of the molecule is C#CCCc1n[nH]c(=O)o1. The summed E-state index contributed by atoms with van der Waals surface area (Å²) < 4.78 is 4.57. The molecule has 0 radical (unpaired) electrons. The van der Waals surface area contributed by atoms with Crippen molar-refractivity contribution < 1.29 is 4.42 Å². The van der Waals surface area contributed by atoms with E-state index in [9.17, 15) is 4.79 Å². The van der Waals surface area contributed by atoms with Gasteiger partial charge in [-0.2, -0.15) is 0 Å². The molecule has 0 aliphatic heterocycles. The van der Waals surface area contributed by atoms with E-state index in [1.165, 1.54) is 0 Å². The van der Waals surface area contributed by atoms with Crippen LogP contribution in [0.2, 0.25) is 0 Å². The topological polar surface area (TPSA) is 58.9 Å². The molecule has 0 aromatic carbocycles. The highest BCUT2D eigenvalue weighted by Gasteiger charge is 1.97. The van der Waals surface area contributed by atoms with Gasteiger partial charge in [0.05, 0.1) is 0 Å². The highest BCUT2D eigenvalue weighted by Crippen LogP contribution is 1.91. The highest BCUT2D eigenvalue weighted by molar-refractivity contribution is 4.88. The molecule has 4 heteroatoms. The summed E-state index contributed by atoms with van der Waals surface area (Å²) in [5.41, 5.74) is 0. The van der Waals surface area contributed by atoms with Crippen LogP contribution in [0.5, 0.6) is 0 Å². The number of aryl methyl sites for hydroxylation is 1. The Balaban J connectivity index is 2.61. The van der Waals surface area contributed by atoms with E-state index < -0.39 is 5.76 Å². The van der Waals surface area contributed by atoms with Gasteiger partial charge in [0.25, 0.3) is 0 Å². The number of rotatable bonds is 2. The van der Waals surface area contributed by atoms with Crippen molar-refractivity contribution in [1.82, 2.24) is 10.2 Å². The number of nitrogens with zero attached hydrogens (tertiary/aromatic N) is 1. The van der Waals surface area contributed by atoms with Gasteiger partial charge in [0, 0.05) is 12.8 Å². The van der Waals surface area contributed by atoms with Gasteiger partial charge in [-0.05, 0) is 0 Å². The maximum Gasteiger partial charge on any atom is 0.434 e. The van der Waals surface area contributed by atoms with Crippen molar-refractivity contribution in [3.8, 4) is 12.3 Å². The zero-order valence-corrected chi connectivity index (χ0v) is 5.26. The Labute approximate surface area is 57.3 Å². The maximum absolute atomic E-state index is 10.3. The summed E-state index contributed by atoms with van der Waals surface area (Å²) in [7, 11) is 0. The van der Waals surface area contributed by atoms with Gasteiger partial charge >= 0.3 is 5.76 Å². The van der Waals surface area contributed by atoms with E-state index >= 15 is 0 Å². The number of hydrogen-bond donors (Lipinski definition) is 1. The van der Waals surface area contributed by atoms with E-state index in [2.05, 4.69) is 20.5 Å². The largest absolute Gasteiger partial charge is 0.434 e. The molecule has 0 spiro atoms. The van der Waals surface area contributed by atoms with Crippen molar-refractivity contribution >= 4 is 0 Å². The van der Waals surface area contributed by atoms with E-state index in [1.807, 2.05) is 0 Å². The van der Waals surface area contributed by atoms with Gasteiger partial charge in [-0.15, -0.1) is 17.4 Å². The van der Waals surface area contributed by atoms with Crippen molar-refractivity contribution in [2.45, 2.75) is 12.8 Å². The fraction of sp³-hybridized carbons (Fsp3) is 0.333. The summed E-state index contributed by atoms with van der Waals surface area (Å²) in [5.74, 6) is 2.24. The van der Waals surface area contributed by atoms with E-state index in [-0.39, 0.29) is 0 Å². The Hall–Kier alpha value is -1.50. The third-order valence-electron chi connectivity index (χ3n) is 0.966. The second kappa shape index (κ2) is 2.87. The minimum Gasteiger partial charge on any atom is -0.392 e. The number of H-pyrrole nitrogens is 1. The molecule has 1 N–H and O–H groups in total. The van der Waals surface area contributed by atoms with Crippen LogP contribution in [0.15, 0.2) is 9.21 Å². The predicted octanol–water partition coefficient (Wildman–Crippen LogP) is -0.0713. The van der Waals surface area contributed by atoms with Crippen LogP contribution >= 0.6 is 0 Å². The quantitative estimate of drug-likeness (QED) is 0.582. The van der Waals surface area contributed by atoms with E-state index in [0.29, 0.717) is 18.7 Å². The van der Waals surface area contributed by atoms with Gasteiger partial charge in [-0.1, -0.05) is 0 Å². The predicted molar refractivity (Wildman–Crippen MR) is 34.3 cm³/mol. The molecule has 0 aliphatic rings. The average molecular weight is 138 g/mol. The lowest BCUT2D eigenvalue weighted by atomic mass is 10.3. The monoisotopic (exact) mass is 138 g/mol. The van der Waals surface area contributed by atoms with Crippen molar-refractivity contribution in [2.75, 3.05) is 0 Å². The number of aromatic nitrogens is 2. The van der Waals surface area contributed by atoms with E-state index in [0.717, 1.165) is 0 Å². The molecule has 0 aliphatic carbocycles. The van der Waals surface area contributed by atoms with Gasteiger partial charge < -0.3 is 4.42 Å². The molecule has 0 amide bonds. The summed E-state index contributed by atoms with van der Waals surface area (Å²) in [6, 6.07) is 0. The van der Waals surface area contributed by atoms with Crippen LogP contribution in [-0.4, -0.2) is 10.2 Å². The average Bonchev–Trinajstić information content (AvgIpc) is 2.31. The van der Waals surface area contributed by atoms with E-state index in [1.54, 1.807) is 0 Å². The second-order valence-corrected chi connectivity index (χ2v) is 1.71. The lowest BCUT2D eigenvalue weighted by molar-refractivity contribution is 0.463. The first-order valence-electron chi connectivity index (χ1n) is 2.81. The fourth-order valence-corrected chi connectivity index (χ4v) is 0.547. The van der Waals surface area contributed by atoms with Crippen LogP contribution in [0.4, 0.5) is 0 Å². The minimum atomic E-state index is -0.535. The Morgan fingerprint density at radius 2 is 2.60 bits per heavy atom. The molecule has 52 valence electrons. The smallest absolute Gasteiger partial charge is 0.392 e. The Morgan fingerprint density at radius 3 is 3.10 bits per heavy atom. The summed E-state index contributed by atoms with van der Waals surface area (Å²) in [5, 5.41) is 5.69. The second-order valence-electron chi connectivity index (χ2n) is 1.71. The maximum atomic E-state index is 10.3. The molecule has 0 unspecified atom stereocenters. The zero-order chi connectivity index (χ0) is 7.40. The molecule has 0 bridgehead atoms. The Bertz CT molecular complexity index is 291. The third kappa shape index (κ3) is 1.49. The molecular weight excluding hydrogens is 132 g/mol. The molecular formula is C6H6N2O2. The number of aromatic amines is 1. The lowest BCUT2D eigenvalue weighted by Gasteiger charge is -1.82. The van der Waals surface area contributed by atoms with Gasteiger partial charge in [-0.25, -0.2) is 9.89 Å². The first-order chi connectivity index (χ1) is 4.83. The van der Waals surface area contributed by atoms with Gasteiger partial charge in [-0.3, -0.25) is 0 Å². The van der Waals surface area contributed by atoms with Gasteiger partial charge in [0.15, 0.2) is 0 Å². The van der Waals surface area contributed by atoms with Crippen LogP contribution in [-0.2, 0) is 6.42 Å². The van der Waals surface area contributed by atoms with E-state index in [4.69, 9.17) is 6.42 Å². The molecule has 1 heterocycles. The summed E-state index contributed by atoms with van der Waals surface area (Å²) in [6.07, 6.45) is 6.02. The summed E-state index contributed by atoms with van der Waals surface area (Å²) >= 11 is 0. The minimum absolute atomic E-state index is 0.364. The number of nitrogens with one attached hydrogen (secondary N) is 1. The zero-order valence-electron chi connectivity index (χ0n) is 5.26. The molecule has 10 heavy (non-hydrogen) atoms. The molecule has 0 fully saturated rings. The lowest BCUT2D eigenvalue weighted by Crippen LogP contribution is -1.93. The van der Waals surface area contributed by atoms with Crippen LogP contribution in [0.1, 0.15) is 12.3 Å². The molecule has 4 nitrogen and oxygen atoms in total. The van der Waals surface area contributed by atoms with Crippen LogP contribution in [0, 0.1) is 12.3 Å². The molecule has 1 aromatic rings. The standard InChI is InChI=1S/C6H6N2O2/c1-2-3-4-5-7-8-6(9)10-5/h1H,3-4H2,(H,8,9). The number of hydrogen-bond acceptors (Lipinski definition) is 3. The Kier molecular flexibility index (Phi) is 1.90. The van der Waals surface area contributed by atoms with Crippen molar-refractivity contribution in [3.05, 3.63) is 16.4 Å². The van der Waals surface area contributed by atoms with Crippen LogP contribution < -0.4 is 5.76 Å².